The van der Waals surface area contributed by atoms with E-state index < -0.39 is 0 Å². The number of aryl methyl sites for hydroxylation is 1. The smallest absolute Gasteiger partial charge is 0.263 e. The molecule has 1 aromatic carbocycles. The molecule has 1 amide bonds. The summed E-state index contributed by atoms with van der Waals surface area (Å²) in [4.78, 5) is 17.5. The molecule has 0 spiro atoms. The summed E-state index contributed by atoms with van der Waals surface area (Å²) in [6.45, 7) is 7.04. The Bertz CT molecular complexity index is 691. The molecular weight excluding hydrogens is 282 g/mol. The summed E-state index contributed by atoms with van der Waals surface area (Å²) in [5, 5.41) is 7.06. The molecule has 0 saturated carbocycles. The number of rotatable bonds is 2. The Hall–Kier alpha value is -1.88. The summed E-state index contributed by atoms with van der Waals surface area (Å²) in [6.07, 6.45) is 0.813. The zero-order valence-electron chi connectivity index (χ0n) is 12.5. The van der Waals surface area contributed by atoms with Gasteiger partial charge in [0.1, 0.15) is 4.88 Å². The molecule has 0 aliphatic carbocycles. The third-order valence-corrected chi connectivity index (χ3v) is 4.56. The highest BCUT2D eigenvalue weighted by atomic mass is 32.1. The van der Waals surface area contributed by atoms with Crippen molar-refractivity contribution in [2.45, 2.75) is 27.2 Å². The van der Waals surface area contributed by atoms with E-state index in [-0.39, 0.29) is 11.3 Å². The van der Waals surface area contributed by atoms with Crippen molar-refractivity contribution in [1.29, 1.82) is 0 Å². The molecule has 1 aliphatic heterocycles. The largest absolute Gasteiger partial charge is 0.351 e. The van der Waals surface area contributed by atoms with E-state index in [4.69, 9.17) is 0 Å². The van der Waals surface area contributed by atoms with E-state index in [1.807, 2.05) is 12.1 Å². The van der Waals surface area contributed by atoms with E-state index in [2.05, 4.69) is 48.5 Å². The summed E-state index contributed by atoms with van der Waals surface area (Å²) in [7, 11) is 0. The van der Waals surface area contributed by atoms with Gasteiger partial charge < -0.3 is 10.6 Å². The number of carbonyl (C=O) groups excluding carboxylic acids is 1. The van der Waals surface area contributed by atoms with Crippen LogP contribution in [0.3, 0.4) is 0 Å². The quantitative estimate of drug-likeness (QED) is 0.892. The van der Waals surface area contributed by atoms with Crippen LogP contribution in [0.2, 0.25) is 0 Å². The van der Waals surface area contributed by atoms with Crippen molar-refractivity contribution in [3.05, 3.63) is 40.4 Å². The van der Waals surface area contributed by atoms with Crippen LogP contribution in [-0.2, 0) is 6.42 Å². The van der Waals surface area contributed by atoms with Gasteiger partial charge in [-0.15, -0.1) is 0 Å². The van der Waals surface area contributed by atoms with Gasteiger partial charge in [-0.1, -0.05) is 37.3 Å². The first-order chi connectivity index (χ1) is 9.93. The zero-order chi connectivity index (χ0) is 15.0. The second-order valence-corrected chi connectivity index (χ2v) is 7.31. The van der Waals surface area contributed by atoms with Crippen LogP contribution < -0.4 is 10.6 Å². The lowest BCUT2D eigenvalue weighted by Gasteiger charge is -2.21. The second kappa shape index (κ2) is 5.15. The summed E-state index contributed by atoms with van der Waals surface area (Å²) < 4.78 is 0. The molecule has 2 aromatic rings. The maximum Gasteiger partial charge on any atom is 0.263 e. The Morgan fingerprint density at radius 2 is 2.19 bits per heavy atom. The highest BCUT2D eigenvalue weighted by molar-refractivity contribution is 7.17. The van der Waals surface area contributed by atoms with Gasteiger partial charge in [0, 0.05) is 12.2 Å². The average Bonchev–Trinajstić information content (AvgIpc) is 2.73. The lowest BCUT2D eigenvalue weighted by molar-refractivity contribution is 0.0948. The lowest BCUT2D eigenvalue weighted by Crippen LogP contribution is -2.31. The van der Waals surface area contributed by atoms with Crippen LogP contribution in [-0.4, -0.2) is 17.4 Å². The van der Waals surface area contributed by atoms with E-state index in [1.165, 1.54) is 16.9 Å². The topological polar surface area (TPSA) is 54.0 Å². The van der Waals surface area contributed by atoms with E-state index >= 15 is 0 Å². The first-order valence-electron chi connectivity index (χ1n) is 7.05. The number of anilines is 2. The number of hydrogen-bond acceptors (Lipinski definition) is 4. The van der Waals surface area contributed by atoms with Gasteiger partial charge in [-0.05, 0) is 36.5 Å². The highest BCUT2D eigenvalue weighted by Gasteiger charge is 2.30. The predicted octanol–water partition coefficient (Wildman–Crippen LogP) is 3.51. The summed E-state index contributed by atoms with van der Waals surface area (Å²) in [5.74, 6) is -0.00892. The third-order valence-electron chi connectivity index (χ3n) is 3.55. The SMILES string of the molecule is Cc1cccc(Nc2nc3c(s2)C(=O)NCC(C)(C)C3)c1. The summed E-state index contributed by atoms with van der Waals surface area (Å²) >= 11 is 1.42. The molecule has 0 atom stereocenters. The van der Waals surface area contributed by atoms with Crippen molar-refractivity contribution >= 4 is 28.1 Å². The number of fused-ring (bicyclic) bond motifs is 1. The van der Waals surface area contributed by atoms with E-state index in [9.17, 15) is 4.79 Å². The van der Waals surface area contributed by atoms with Crippen LogP contribution in [0.4, 0.5) is 10.8 Å². The van der Waals surface area contributed by atoms with Crippen LogP contribution in [0.1, 0.15) is 34.8 Å². The normalized spacial score (nSPS) is 16.8. The van der Waals surface area contributed by atoms with Crippen molar-refractivity contribution in [3.63, 3.8) is 0 Å². The molecule has 21 heavy (non-hydrogen) atoms. The monoisotopic (exact) mass is 301 g/mol. The van der Waals surface area contributed by atoms with E-state index in [0.717, 1.165) is 27.8 Å². The number of amides is 1. The Morgan fingerprint density at radius 1 is 1.38 bits per heavy atom. The van der Waals surface area contributed by atoms with Crippen LogP contribution in [0.5, 0.6) is 0 Å². The molecule has 1 aromatic heterocycles. The minimum absolute atomic E-state index is 0.00892. The number of benzene rings is 1. The molecule has 2 N–H and O–H groups in total. The molecular formula is C16H19N3OS. The molecule has 0 bridgehead atoms. The van der Waals surface area contributed by atoms with Crippen LogP contribution >= 0.6 is 11.3 Å². The Balaban J connectivity index is 1.90. The Labute approximate surface area is 128 Å². The Morgan fingerprint density at radius 3 is 2.95 bits per heavy atom. The number of hydrogen-bond donors (Lipinski definition) is 2. The number of thiazole rings is 1. The van der Waals surface area contributed by atoms with Gasteiger partial charge >= 0.3 is 0 Å². The minimum Gasteiger partial charge on any atom is -0.351 e. The maximum atomic E-state index is 12.1. The second-order valence-electron chi connectivity index (χ2n) is 6.31. The molecule has 0 unspecified atom stereocenters. The molecule has 3 rings (SSSR count). The molecule has 2 heterocycles. The fourth-order valence-corrected chi connectivity index (χ4v) is 3.38. The molecule has 4 nitrogen and oxygen atoms in total. The molecule has 1 aliphatic rings. The fourth-order valence-electron chi connectivity index (χ4n) is 2.46. The molecule has 0 saturated heterocycles. The minimum atomic E-state index is -0.00892. The van der Waals surface area contributed by atoms with Crippen molar-refractivity contribution in [2.24, 2.45) is 5.41 Å². The average molecular weight is 301 g/mol. The summed E-state index contributed by atoms with van der Waals surface area (Å²) in [6, 6.07) is 8.13. The standard InChI is InChI=1S/C16H19N3OS/c1-10-5-4-6-11(7-10)18-15-19-12-8-16(2,3)9-17-14(20)13(12)21-15/h4-7H,8-9H2,1-3H3,(H,17,20)(H,18,19). The lowest BCUT2D eigenvalue weighted by atomic mass is 9.88. The molecule has 5 heteroatoms. The van der Waals surface area contributed by atoms with E-state index in [0.29, 0.717) is 6.54 Å². The Kier molecular flexibility index (Phi) is 3.45. The zero-order valence-corrected chi connectivity index (χ0v) is 13.3. The van der Waals surface area contributed by atoms with Gasteiger partial charge in [-0.2, -0.15) is 0 Å². The number of carbonyl (C=O) groups is 1. The fraction of sp³-hybridized carbons (Fsp3) is 0.375. The van der Waals surface area contributed by atoms with Gasteiger partial charge in [0.2, 0.25) is 0 Å². The van der Waals surface area contributed by atoms with Crippen molar-refractivity contribution < 1.29 is 4.79 Å². The van der Waals surface area contributed by atoms with Crippen LogP contribution in [0.25, 0.3) is 0 Å². The molecule has 0 fully saturated rings. The van der Waals surface area contributed by atoms with Gasteiger partial charge in [0.15, 0.2) is 5.13 Å². The van der Waals surface area contributed by atoms with Crippen LogP contribution in [0.15, 0.2) is 24.3 Å². The first kappa shape index (κ1) is 14.1. The van der Waals surface area contributed by atoms with Gasteiger partial charge in [0.05, 0.1) is 5.69 Å². The first-order valence-corrected chi connectivity index (χ1v) is 7.86. The number of nitrogens with one attached hydrogen (secondary N) is 2. The third kappa shape index (κ3) is 3.08. The predicted molar refractivity (Wildman–Crippen MR) is 86.4 cm³/mol. The van der Waals surface area contributed by atoms with Crippen molar-refractivity contribution in [1.82, 2.24) is 10.3 Å². The van der Waals surface area contributed by atoms with Crippen molar-refractivity contribution in [3.8, 4) is 0 Å². The van der Waals surface area contributed by atoms with Crippen LogP contribution in [0, 0.1) is 12.3 Å². The molecule has 110 valence electrons. The molecule has 0 radical (unpaired) electrons. The van der Waals surface area contributed by atoms with Gasteiger partial charge in [-0.25, -0.2) is 4.98 Å². The summed E-state index contributed by atoms with van der Waals surface area (Å²) in [5.41, 5.74) is 3.13. The maximum absolute atomic E-state index is 12.1. The highest BCUT2D eigenvalue weighted by Crippen LogP contribution is 2.32. The number of nitrogens with zero attached hydrogens (tertiary/aromatic N) is 1. The van der Waals surface area contributed by atoms with Gasteiger partial charge in [-0.3, -0.25) is 4.79 Å². The number of aromatic nitrogens is 1. The van der Waals surface area contributed by atoms with Gasteiger partial charge in [0.25, 0.3) is 5.91 Å². The van der Waals surface area contributed by atoms with Crippen molar-refractivity contribution in [2.75, 3.05) is 11.9 Å². The van der Waals surface area contributed by atoms with E-state index in [1.54, 1.807) is 0 Å².